The smallest absolute Gasteiger partial charge is 0.337 e. The summed E-state index contributed by atoms with van der Waals surface area (Å²) >= 11 is 9.53. The van der Waals surface area contributed by atoms with Gasteiger partial charge >= 0.3 is 12.0 Å². The van der Waals surface area contributed by atoms with Crippen LogP contribution in [0.2, 0.25) is 5.02 Å². The Morgan fingerprint density at radius 1 is 1.04 bits per heavy atom. The van der Waals surface area contributed by atoms with Gasteiger partial charge < -0.3 is 39.4 Å². The van der Waals surface area contributed by atoms with E-state index in [0.717, 1.165) is 5.56 Å². The second-order valence-corrected chi connectivity index (χ2v) is 11.4. The van der Waals surface area contributed by atoms with Crippen LogP contribution in [0.25, 0.3) is 0 Å². The van der Waals surface area contributed by atoms with Gasteiger partial charge in [0.1, 0.15) is 13.2 Å². The first-order valence-corrected chi connectivity index (χ1v) is 15.9. The fraction of sp³-hybridized carbons (Fsp3) is 0.303. The molecule has 2 amide bonds. The second-order valence-electron chi connectivity index (χ2n) is 10.1. The van der Waals surface area contributed by atoms with E-state index >= 15 is 0 Å². The van der Waals surface area contributed by atoms with Gasteiger partial charge in [-0.3, -0.25) is 5.43 Å². The average Bonchev–Trinajstić information content (AvgIpc) is 3.04. The van der Waals surface area contributed by atoms with E-state index in [1.807, 2.05) is 32.0 Å². The molecule has 14 heteroatoms. The molecule has 0 radical (unpaired) electrons. The molecule has 47 heavy (non-hydrogen) atoms. The first-order valence-electron chi connectivity index (χ1n) is 14.7. The number of aliphatic hydroxyl groups is 1. The summed E-state index contributed by atoms with van der Waals surface area (Å²) in [6, 6.07) is 14.8. The molecule has 0 aliphatic carbocycles. The number of aliphatic hydroxyl groups excluding tert-OH is 1. The Bertz CT molecular complexity index is 1630. The minimum atomic E-state index is -1.17. The van der Waals surface area contributed by atoms with Crippen LogP contribution in [0.15, 0.2) is 75.4 Å². The molecule has 4 N–H and O–H groups in total. The van der Waals surface area contributed by atoms with Gasteiger partial charge in [0, 0.05) is 10.7 Å². The standard InChI is InChI=1S/C33H36BrClN4O8/c1-5-44-26-15-22(30-29(32(41)43-4)19(3)37-33(42)38-30)9-12-25(26)46-18-28(40)39-36-16-21-13-24(34)31(27(14-21)45-6-2)47-17-20-7-10-23(35)11-8-20/h7-16,28,30,39-40H,5-6,17-18H2,1-4H3,(H2,37,38,42)/b36-16+/t28-,30-/m0/s1. The molecule has 3 aromatic rings. The number of benzene rings is 3. The molecule has 0 spiro atoms. The minimum absolute atomic E-state index is 0.168. The van der Waals surface area contributed by atoms with Gasteiger partial charge in [-0.1, -0.05) is 29.8 Å². The molecule has 0 aromatic heterocycles. The number of nitrogens with zero attached hydrogens (tertiary/aromatic N) is 1. The molecule has 1 aliphatic heterocycles. The first-order chi connectivity index (χ1) is 22.6. The van der Waals surface area contributed by atoms with Gasteiger partial charge in [-0.05, 0) is 89.8 Å². The molecule has 0 saturated carbocycles. The maximum atomic E-state index is 12.5. The molecule has 1 heterocycles. The number of halogens is 2. The number of allylic oxidation sites excluding steroid dienone is 1. The van der Waals surface area contributed by atoms with Crippen molar-refractivity contribution in [3.8, 4) is 23.0 Å². The predicted octanol–water partition coefficient (Wildman–Crippen LogP) is 5.60. The number of ether oxygens (including phenoxy) is 5. The third-order valence-corrected chi connectivity index (χ3v) is 7.58. The molecule has 250 valence electrons. The normalized spacial score (nSPS) is 15.0. The second kappa shape index (κ2) is 16.9. The van der Waals surface area contributed by atoms with Crippen LogP contribution in [0.3, 0.4) is 0 Å². The highest BCUT2D eigenvalue weighted by atomic mass is 79.9. The van der Waals surface area contributed by atoms with Crippen molar-refractivity contribution in [1.82, 2.24) is 16.1 Å². The summed E-state index contributed by atoms with van der Waals surface area (Å²) < 4.78 is 29.0. The Morgan fingerprint density at radius 2 is 1.77 bits per heavy atom. The quantitative estimate of drug-likeness (QED) is 0.0679. The van der Waals surface area contributed by atoms with E-state index in [4.69, 9.17) is 35.3 Å². The lowest BCUT2D eigenvalue weighted by atomic mass is 9.95. The monoisotopic (exact) mass is 730 g/mol. The molecule has 3 aromatic carbocycles. The number of methoxy groups -OCH3 is 1. The van der Waals surface area contributed by atoms with Gasteiger partial charge in [-0.15, -0.1) is 0 Å². The van der Waals surface area contributed by atoms with E-state index in [1.165, 1.54) is 13.3 Å². The highest BCUT2D eigenvalue weighted by Gasteiger charge is 2.32. The van der Waals surface area contributed by atoms with E-state index in [2.05, 4.69) is 37.1 Å². The van der Waals surface area contributed by atoms with Crippen LogP contribution < -0.4 is 35.0 Å². The molecule has 12 nitrogen and oxygen atoms in total. The number of urea groups is 1. The summed E-state index contributed by atoms with van der Waals surface area (Å²) in [6.45, 7) is 6.23. The van der Waals surface area contributed by atoms with E-state index in [0.29, 0.717) is 69.1 Å². The topological polar surface area (TPSA) is 149 Å². The molecule has 0 unspecified atom stereocenters. The number of esters is 1. The predicted molar refractivity (Wildman–Crippen MR) is 180 cm³/mol. The Balaban J connectivity index is 1.40. The number of hydrazone groups is 1. The van der Waals surface area contributed by atoms with Crippen LogP contribution in [-0.2, 0) is 16.1 Å². The Kier molecular flexibility index (Phi) is 12.7. The Morgan fingerprint density at radius 3 is 2.47 bits per heavy atom. The first kappa shape index (κ1) is 35.4. The van der Waals surface area contributed by atoms with E-state index < -0.39 is 24.3 Å². The molecule has 1 aliphatic rings. The van der Waals surface area contributed by atoms with Gasteiger partial charge in [0.05, 0.1) is 42.6 Å². The van der Waals surface area contributed by atoms with Gasteiger partial charge in [-0.25, -0.2) is 9.59 Å². The highest BCUT2D eigenvalue weighted by Crippen LogP contribution is 2.38. The van der Waals surface area contributed by atoms with E-state index in [1.54, 1.807) is 43.3 Å². The number of rotatable bonds is 15. The van der Waals surface area contributed by atoms with E-state index in [9.17, 15) is 14.7 Å². The van der Waals surface area contributed by atoms with Gasteiger partial charge in [0.15, 0.2) is 29.2 Å². The van der Waals surface area contributed by atoms with Crippen molar-refractivity contribution < 1.29 is 38.4 Å². The van der Waals surface area contributed by atoms with Gasteiger partial charge in [-0.2, -0.15) is 5.10 Å². The molecule has 2 atom stereocenters. The molecule has 4 rings (SSSR count). The zero-order valence-corrected chi connectivity index (χ0v) is 28.6. The summed E-state index contributed by atoms with van der Waals surface area (Å²) in [5.74, 6) is 1.21. The third kappa shape index (κ3) is 9.53. The maximum Gasteiger partial charge on any atom is 0.337 e. The number of nitrogens with one attached hydrogen (secondary N) is 3. The lowest BCUT2D eigenvalue weighted by molar-refractivity contribution is -0.136. The van der Waals surface area contributed by atoms with Crippen molar-refractivity contribution in [1.29, 1.82) is 0 Å². The molecule has 0 saturated heterocycles. The summed E-state index contributed by atoms with van der Waals surface area (Å²) in [5.41, 5.74) is 5.51. The summed E-state index contributed by atoms with van der Waals surface area (Å²) in [5, 5.41) is 20.6. The largest absolute Gasteiger partial charge is 0.490 e. The summed E-state index contributed by atoms with van der Waals surface area (Å²) in [4.78, 5) is 24.6. The number of carbonyl (C=O) groups is 2. The maximum absolute atomic E-state index is 12.5. The van der Waals surface area contributed by atoms with Crippen LogP contribution in [0.1, 0.15) is 43.5 Å². The number of carbonyl (C=O) groups excluding carboxylic acids is 2. The Labute approximate surface area is 286 Å². The highest BCUT2D eigenvalue weighted by molar-refractivity contribution is 9.10. The molecular formula is C33H36BrClN4O8. The third-order valence-electron chi connectivity index (χ3n) is 6.74. The van der Waals surface area contributed by atoms with Crippen molar-refractivity contribution in [2.45, 2.75) is 39.6 Å². The van der Waals surface area contributed by atoms with Crippen molar-refractivity contribution in [2.75, 3.05) is 26.9 Å². The molecule has 0 bridgehead atoms. The van der Waals surface area contributed by atoms with Gasteiger partial charge in [0.2, 0.25) is 0 Å². The number of hydrogen-bond acceptors (Lipinski definition) is 10. The van der Waals surface area contributed by atoms with Crippen LogP contribution >= 0.6 is 27.5 Å². The van der Waals surface area contributed by atoms with Crippen molar-refractivity contribution in [2.24, 2.45) is 5.10 Å². The fourth-order valence-electron chi connectivity index (χ4n) is 4.62. The van der Waals surface area contributed by atoms with Crippen molar-refractivity contribution >= 4 is 45.7 Å². The minimum Gasteiger partial charge on any atom is -0.490 e. The summed E-state index contributed by atoms with van der Waals surface area (Å²) in [6.07, 6.45) is 0.360. The van der Waals surface area contributed by atoms with Crippen molar-refractivity contribution in [3.05, 3.63) is 92.1 Å². The average molecular weight is 732 g/mol. The fourth-order valence-corrected chi connectivity index (χ4v) is 5.32. The SMILES string of the molecule is CCOc1cc([C@@H]2NC(=O)NC(C)=C2C(=O)OC)ccc1OC[C@H](O)N/N=C/c1cc(Br)c(OCc2ccc(Cl)cc2)c(OCC)c1. The zero-order valence-electron chi connectivity index (χ0n) is 26.3. The van der Waals surface area contributed by atoms with Gasteiger partial charge in [0.25, 0.3) is 0 Å². The zero-order chi connectivity index (χ0) is 33.9. The van der Waals surface area contributed by atoms with Crippen LogP contribution in [0, 0.1) is 0 Å². The molecular weight excluding hydrogens is 696 g/mol. The number of amides is 2. The van der Waals surface area contributed by atoms with Crippen LogP contribution in [0.4, 0.5) is 4.79 Å². The van der Waals surface area contributed by atoms with Crippen LogP contribution in [-0.4, -0.2) is 56.5 Å². The lowest BCUT2D eigenvalue weighted by Crippen LogP contribution is -2.45. The van der Waals surface area contributed by atoms with E-state index in [-0.39, 0.29) is 12.2 Å². The van der Waals surface area contributed by atoms with Crippen LogP contribution in [0.5, 0.6) is 23.0 Å². The number of hydrogen-bond donors (Lipinski definition) is 4. The summed E-state index contributed by atoms with van der Waals surface area (Å²) in [7, 11) is 1.27. The Hall–Kier alpha value is -4.46. The molecule has 0 fully saturated rings. The van der Waals surface area contributed by atoms with Crippen molar-refractivity contribution in [3.63, 3.8) is 0 Å². The lowest BCUT2D eigenvalue weighted by Gasteiger charge is -2.28.